The molecule has 0 aliphatic carbocycles. The van der Waals surface area contributed by atoms with Gasteiger partial charge in [-0.3, -0.25) is 19.7 Å². The lowest BCUT2D eigenvalue weighted by Gasteiger charge is -2.13. The monoisotopic (exact) mass is 396 g/mol. The van der Waals surface area contributed by atoms with Gasteiger partial charge in [-0.05, 0) is 43.2 Å². The SMILES string of the molecule is CCc1ccc(-n2c(SC(C)C(=O)NC(N)=O)nnc2-c2ccncc2)cc1. The fraction of sp³-hybridized carbons (Fsp3) is 0.211. The molecule has 3 N–H and O–H groups in total. The van der Waals surface area contributed by atoms with Crippen molar-refractivity contribution in [2.24, 2.45) is 5.73 Å². The van der Waals surface area contributed by atoms with Gasteiger partial charge in [0.25, 0.3) is 0 Å². The van der Waals surface area contributed by atoms with Gasteiger partial charge in [-0.2, -0.15) is 0 Å². The highest BCUT2D eigenvalue weighted by Gasteiger charge is 2.22. The van der Waals surface area contributed by atoms with Crippen molar-refractivity contribution in [3.8, 4) is 17.1 Å². The van der Waals surface area contributed by atoms with Crippen LogP contribution >= 0.6 is 11.8 Å². The summed E-state index contributed by atoms with van der Waals surface area (Å²) in [7, 11) is 0. The zero-order valence-corrected chi connectivity index (χ0v) is 16.3. The number of hydrogen-bond acceptors (Lipinski definition) is 6. The predicted molar refractivity (Wildman–Crippen MR) is 107 cm³/mol. The minimum absolute atomic E-state index is 0.487. The third-order valence-electron chi connectivity index (χ3n) is 4.07. The molecule has 8 nitrogen and oxygen atoms in total. The number of imide groups is 1. The molecule has 1 atom stereocenters. The summed E-state index contributed by atoms with van der Waals surface area (Å²) in [6.45, 7) is 3.77. The number of nitrogens with two attached hydrogens (primary N) is 1. The molecule has 9 heteroatoms. The van der Waals surface area contributed by atoms with Crippen LogP contribution in [0.4, 0.5) is 4.79 Å². The van der Waals surface area contributed by atoms with Crippen molar-refractivity contribution in [2.75, 3.05) is 0 Å². The van der Waals surface area contributed by atoms with Gasteiger partial charge in [-0.1, -0.05) is 30.8 Å². The van der Waals surface area contributed by atoms with Gasteiger partial charge in [0, 0.05) is 23.6 Å². The summed E-state index contributed by atoms with van der Waals surface area (Å²) in [4.78, 5) is 27.1. The van der Waals surface area contributed by atoms with Gasteiger partial charge in [0.15, 0.2) is 11.0 Å². The van der Waals surface area contributed by atoms with Crippen LogP contribution in [-0.2, 0) is 11.2 Å². The van der Waals surface area contributed by atoms with Gasteiger partial charge >= 0.3 is 6.03 Å². The maximum Gasteiger partial charge on any atom is 0.318 e. The highest BCUT2D eigenvalue weighted by molar-refractivity contribution is 8.00. The number of amides is 3. The van der Waals surface area contributed by atoms with Gasteiger partial charge in [0.2, 0.25) is 5.91 Å². The molecule has 0 saturated carbocycles. The van der Waals surface area contributed by atoms with Crippen molar-refractivity contribution in [3.05, 3.63) is 54.4 Å². The number of thioether (sulfide) groups is 1. The normalized spacial score (nSPS) is 11.8. The first kappa shape index (κ1) is 19.6. The molecule has 1 unspecified atom stereocenters. The Labute approximate surface area is 166 Å². The molecule has 0 radical (unpaired) electrons. The predicted octanol–water partition coefficient (Wildman–Crippen LogP) is 2.57. The number of aromatic nitrogens is 4. The van der Waals surface area contributed by atoms with Gasteiger partial charge in [0.1, 0.15) is 0 Å². The summed E-state index contributed by atoms with van der Waals surface area (Å²) in [5.41, 5.74) is 7.97. The Kier molecular flexibility index (Phi) is 6.05. The Morgan fingerprint density at radius 2 is 1.82 bits per heavy atom. The van der Waals surface area contributed by atoms with E-state index in [1.807, 2.05) is 41.0 Å². The number of nitrogens with zero attached hydrogens (tertiary/aromatic N) is 4. The summed E-state index contributed by atoms with van der Waals surface area (Å²) >= 11 is 1.19. The molecule has 3 aromatic rings. The van der Waals surface area contributed by atoms with E-state index < -0.39 is 17.2 Å². The zero-order valence-electron chi connectivity index (χ0n) is 15.5. The third-order valence-corrected chi connectivity index (χ3v) is 5.12. The molecule has 0 aliphatic rings. The third kappa shape index (κ3) is 4.37. The van der Waals surface area contributed by atoms with E-state index in [4.69, 9.17) is 5.73 Å². The van der Waals surface area contributed by atoms with E-state index in [2.05, 4.69) is 27.4 Å². The molecule has 0 fully saturated rings. The summed E-state index contributed by atoms with van der Waals surface area (Å²) in [5.74, 6) is 0.149. The van der Waals surface area contributed by atoms with E-state index in [1.165, 1.54) is 17.3 Å². The van der Waals surface area contributed by atoms with Gasteiger partial charge in [-0.25, -0.2) is 4.79 Å². The fourth-order valence-electron chi connectivity index (χ4n) is 2.58. The quantitative estimate of drug-likeness (QED) is 0.619. The van der Waals surface area contributed by atoms with E-state index in [0.29, 0.717) is 11.0 Å². The van der Waals surface area contributed by atoms with Crippen molar-refractivity contribution in [1.82, 2.24) is 25.1 Å². The Morgan fingerprint density at radius 3 is 2.43 bits per heavy atom. The van der Waals surface area contributed by atoms with Crippen molar-refractivity contribution in [3.63, 3.8) is 0 Å². The van der Waals surface area contributed by atoms with E-state index in [9.17, 15) is 9.59 Å². The summed E-state index contributed by atoms with van der Waals surface area (Å²) < 4.78 is 1.88. The van der Waals surface area contributed by atoms with Crippen LogP contribution in [0.3, 0.4) is 0 Å². The lowest BCUT2D eigenvalue weighted by Crippen LogP contribution is -2.39. The fourth-order valence-corrected chi connectivity index (χ4v) is 3.45. The molecule has 2 heterocycles. The zero-order chi connectivity index (χ0) is 20.1. The highest BCUT2D eigenvalue weighted by atomic mass is 32.2. The van der Waals surface area contributed by atoms with Crippen molar-refractivity contribution < 1.29 is 9.59 Å². The summed E-state index contributed by atoms with van der Waals surface area (Å²) in [5, 5.41) is 10.6. The Morgan fingerprint density at radius 1 is 1.14 bits per heavy atom. The lowest BCUT2D eigenvalue weighted by molar-refractivity contribution is -0.119. The standard InChI is InChI=1S/C19H20N6O2S/c1-3-13-4-6-15(7-5-13)25-16(14-8-10-21-11-9-14)23-24-19(25)28-12(2)17(26)22-18(20)27/h4-12H,3H2,1-2H3,(H3,20,22,26,27). The van der Waals surface area contributed by atoms with Crippen LogP contribution in [0.2, 0.25) is 0 Å². The summed E-state index contributed by atoms with van der Waals surface area (Å²) in [6, 6.07) is 10.9. The molecule has 2 aromatic heterocycles. The molecule has 1 aromatic carbocycles. The lowest BCUT2D eigenvalue weighted by atomic mass is 10.1. The van der Waals surface area contributed by atoms with Gasteiger partial charge < -0.3 is 5.73 Å². The highest BCUT2D eigenvalue weighted by Crippen LogP contribution is 2.30. The molecule has 3 rings (SSSR count). The number of primary amides is 1. The maximum atomic E-state index is 12.1. The minimum atomic E-state index is -0.883. The molecular weight excluding hydrogens is 376 g/mol. The number of aryl methyl sites for hydroxylation is 1. The van der Waals surface area contributed by atoms with E-state index >= 15 is 0 Å². The van der Waals surface area contributed by atoms with Gasteiger partial charge in [0.05, 0.1) is 5.25 Å². The second kappa shape index (κ2) is 8.66. The topological polar surface area (TPSA) is 116 Å². The van der Waals surface area contributed by atoms with Crippen LogP contribution < -0.4 is 11.1 Å². The molecule has 28 heavy (non-hydrogen) atoms. The molecular formula is C19H20N6O2S. The molecule has 0 aliphatic heterocycles. The Hall–Kier alpha value is -3.20. The van der Waals surface area contributed by atoms with Crippen molar-refractivity contribution in [1.29, 1.82) is 0 Å². The van der Waals surface area contributed by atoms with Crippen LogP contribution in [0.5, 0.6) is 0 Å². The van der Waals surface area contributed by atoms with E-state index in [1.54, 1.807) is 19.3 Å². The van der Waals surface area contributed by atoms with Crippen LogP contribution in [0.1, 0.15) is 19.4 Å². The van der Waals surface area contributed by atoms with Crippen molar-refractivity contribution >= 4 is 23.7 Å². The average Bonchev–Trinajstić information content (AvgIpc) is 3.11. The molecule has 0 saturated heterocycles. The maximum absolute atomic E-state index is 12.1. The summed E-state index contributed by atoms with van der Waals surface area (Å²) in [6.07, 6.45) is 4.31. The van der Waals surface area contributed by atoms with E-state index in [-0.39, 0.29) is 0 Å². The van der Waals surface area contributed by atoms with E-state index in [0.717, 1.165) is 17.7 Å². The van der Waals surface area contributed by atoms with Crippen LogP contribution in [0.15, 0.2) is 53.9 Å². The Balaban J connectivity index is 2.01. The van der Waals surface area contributed by atoms with Crippen LogP contribution in [-0.4, -0.2) is 36.9 Å². The molecule has 144 valence electrons. The number of pyridine rings is 1. The van der Waals surface area contributed by atoms with Gasteiger partial charge in [-0.15, -0.1) is 10.2 Å². The second-order valence-electron chi connectivity index (χ2n) is 6.01. The number of nitrogens with one attached hydrogen (secondary N) is 1. The molecule has 0 bridgehead atoms. The van der Waals surface area contributed by atoms with Crippen LogP contribution in [0.25, 0.3) is 17.1 Å². The number of urea groups is 1. The second-order valence-corrected chi connectivity index (χ2v) is 7.32. The number of carbonyl (C=O) groups is 2. The first-order valence-corrected chi connectivity index (χ1v) is 9.59. The Bertz CT molecular complexity index is 972. The smallest absolute Gasteiger partial charge is 0.318 e. The number of rotatable bonds is 6. The first-order valence-electron chi connectivity index (χ1n) is 8.71. The average molecular weight is 396 g/mol. The minimum Gasteiger partial charge on any atom is -0.351 e. The first-order chi connectivity index (χ1) is 13.5. The largest absolute Gasteiger partial charge is 0.351 e. The van der Waals surface area contributed by atoms with Crippen LogP contribution in [0, 0.1) is 0 Å². The number of hydrogen-bond donors (Lipinski definition) is 2. The number of benzene rings is 1. The molecule has 0 spiro atoms. The van der Waals surface area contributed by atoms with Crippen molar-refractivity contribution in [2.45, 2.75) is 30.7 Å². The molecule has 3 amide bonds. The number of carbonyl (C=O) groups excluding carboxylic acids is 2.